The van der Waals surface area contributed by atoms with Crippen LogP contribution in [0.1, 0.15) is 50.5 Å². The van der Waals surface area contributed by atoms with Crippen molar-refractivity contribution in [2.75, 3.05) is 0 Å². The van der Waals surface area contributed by atoms with Gasteiger partial charge in [-0.3, -0.25) is 0 Å². The van der Waals surface area contributed by atoms with Crippen LogP contribution in [0.5, 0.6) is 11.5 Å². The number of carbonyl (C=O) groups is 1. The first-order chi connectivity index (χ1) is 9.11. The third-order valence-electron chi connectivity index (χ3n) is 2.61. The van der Waals surface area contributed by atoms with Crippen molar-refractivity contribution < 1.29 is 19.0 Å². The van der Waals surface area contributed by atoms with Crippen molar-refractivity contribution in [3.8, 4) is 11.5 Å². The molecule has 0 unspecified atom stereocenters. The highest BCUT2D eigenvalue weighted by molar-refractivity contribution is 9.08. The molecule has 1 aromatic rings. The molecule has 0 fully saturated rings. The number of halogens is 1. The van der Waals surface area contributed by atoms with Gasteiger partial charge in [-0.1, -0.05) is 15.9 Å². The Kier molecular flexibility index (Phi) is 3.75. The largest absolute Gasteiger partial charge is 0.456 e. The van der Waals surface area contributed by atoms with Gasteiger partial charge in [-0.15, -0.1) is 0 Å². The van der Waals surface area contributed by atoms with Crippen LogP contribution < -0.4 is 9.47 Å². The Labute approximate surface area is 127 Å². The standard InChI is InChI=1S/C15H19BrO4/c1-14(2,3)20-13(17)9-6-10(8-16)12-11(7-9)18-15(4,5)19-12/h6-7H,8H2,1-5H3. The second-order valence-corrected chi connectivity index (χ2v) is 6.76. The average molecular weight is 343 g/mol. The minimum absolute atomic E-state index is 0.365. The lowest BCUT2D eigenvalue weighted by atomic mass is 10.1. The van der Waals surface area contributed by atoms with E-state index in [4.69, 9.17) is 14.2 Å². The fraction of sp³-hybridized carbons (Fsp3) is 0.533. The first-order valence-electron chi connectivity index (χ1n) is 6.45. The second-order valence-electron chi connectivity index (χ2n) is 6.20. The van der Waals surface area contributed by atoms with E-state index < -0.39 is 11.4 Å². The van der Waals surface area contributed by atoms with Crippen molar-refractivity contribution >= 4 is 21.9 Å². The monoisotopic (exact) mass is 342 g/mol. The van der Waals surface area contributed by atoms with Gasteiger partial charge in [-0.2, -0.15) is 0 Å². The van der Waals surface area contributed by atoms with Crippen LogP contribution in [-0.2, 0) is 10.1 Å². The van der Waals surface area contributed by atoms with Gasteiger partial charge in [0.1, 0.15) is 5.60 Å². The predicted molar refractivity (Wildman–Crippen MR) is 79.6 cm³/mol. The highest BCUT2D eigenvalue weighted by Gasteiger charge is 2.34. The first-order valence-corrected chi connectivity index (χ1v) is 7.58. The molecule has 0 radical (unpaired) electrons. The van der Waals surface area contributed by atoms with Crippen molar-refractivity contribution in [1.82, 2.24) is 0 Å². The van der Waals surface area contributed by atoms with E-state index in [9.17, 15) is 4.79 Å². The molecule has 0 spiro atoms. The first kappa shape index (κ1) is 15.2. The van der Waals surface area contributed by atoms with Crippen LogP contribution in [0.2, 0.25) is 0 Å². The smallest absolute Gasteiger partial charge is 0.338 e. The lowest BCUT2D eigenvalue weighted by Gasteiger charge is -2.19. The number of carbonyl (C=O) groups excluding carboxylic acids is 1. The van der Waals surface area contributed by atoms with Crippen LogP contribution in [0.4, 0.5) is 0 Å². The number of esters is 1. The van der Waals surface area contributed by atoms with E-state index in [0.717, 1.165) is 5.56 Å². The maximum Gasteiger partial charge on any atom is 0.338 e. The van der Waals surface area contributed by atoms with Crippen LogP contribution >= 0.6 is 15.9 Å². The van der Waals surface area contributed by atoms with Crippen molar-refractivity contribution in [1.29, 1.82) is 0 Å². The van der Waals surface area contributed by atoms with Crippen LogP contribution in [0, 0.1) is 0 Å². The van der Waals surface area contributed by atoms with Crippen molar-refractivity contribution in [2.45, 2.75) is 51.3 Å². The zero-order chi connectivity index (χ0) is 15.1. The van der Waals surface area contributed by atoms with Crippen molar-refractivity contribution in [3.05, 3.63) is 23.3 Å². The molecule has 0 bridgehead atoms. The molecule has 0 amide bonds. The minimum atomic E-state index is -0.716. The predicted octanol–water partition coefficient (Wildman–Crippen LogP) is 4.04. The summed E-state index contributed by atoms with van der Waals surface area (Å²) in [6.45, 7) is 9.18. The molecule has 1 aliphatic heterocycles. The molecule has 0 aliphatic carbocycles. The molecule has 110 valence electrons. The quantitative estimate of drug-likeness (QED) is 0.600. The molecule has 0 saturated carbocycles. The van der Waals surface area contributed by atoms with Crippen LogP contribution in [0.25, 0.3) is 0 Å². The third-order valence-corrected chi connectivity index (χ3v) is 3.22. The van der Waals surface area contributed by atoms with E-state index >= 15 is 0 Å². The molecule has 1 aliphatic rings. The van der Waals surface area contributed by atoms with Gasteiger partial charge in [0, 0.05) is 24.7 Å². The molecular weight excluding hydrogens is 324 g/mol. The van der Waals surface area contributed by atoms with E-state index in [1.165, 1.54) is 0 Å². The summed E-state index contributed by atoms with van der Waals surface area (Å²) in [4.78, 5) is 12.2. The summed E-state index contributed by atoms with van der Waals surface area (Å²) < 4.78 is 16.8. The zero-order valence-electron chi connectivity index (χ0n) is 12.4. The fourth-order valence-electron chi connectivity index (χ4n) is 1.94. The molecule has 0 N–H and O–H groups in total. The lowest BCUT2D eigenvalue weighted by Crippen LogP contribution is -2.29. The van der Waals surface area contributed by atoms with Gasteiger partial charge in [0.15, 0.2) is 11.5 Å². The Hall–Kier alpha value is -1.23. The molecule has 20 heavy (non-hydrogen) atoms. The number of hydrogen-bond donors (Lipinski definition) is 0. The topological polar surface area (TPSA) is 44.8 Å². The summed E-state index contributed by atoms with van der Waals surface area (Å²) in [5.74, 6) is 0.175. The normalized spacial score (nSPS) is 16.1. The Morgan fingerprint density at radius 1 is 1.30 bits per heavy atom. The van der Waals surface area contributed by atoms with Crippen LogP contribution in [-0.4, -0.2) is 17.4 Å². The minimum Gasteiger partial charge on any atom is -0.456 e. The number of fused-ring (bicyclic) bond motifs is 1. The lowest BCUT2D eigenvalue weighted by molar-refractivity contribution is -0.0435. The Balaban J connectivity index is 2.37. The maximum absolute atomic E-state index is 12.2. The molecule has 1 heterocycles. The van der Waals surface area contributed by atoms with Gasteiger partial charge in [-0.05, 0) is 32.9 Å². The number of benzene rings is 1. The molecule has 5 heteroatoms. The van der Waals surface area contributed by atoms with E-state index in [0.29, 0.717) is 22.4 Å². The van der Waals surface area contributed by atoms with E-state index in [2.05, 4.69) is 15.9 Å². The van der Waals surface area contributed by atoms with E-state index in [-0.39, 0.29) is 5.97 Å². The van der Waals surface area contributed by atoms with Gasteiger partial charge in [0.05, 0.1) is 5.56 Å². The summed E-state index contributed by atoms with van der Waals surface area (Å²) in [6, 6.07) is 3.44. The number of hydrogen-bond acceptors (Lipinski definition) is 4. The summed E-state index contributed by atoms with van der Waals surface area (Å²) in [7, 11) is 0. The SMILES string of the molecule is CC(C)(C)OC(=O)c1cc(CBr)c2c(c1)OC(C)(C)O2. The highest BCUT2D eigenvalue weighted by Crippen LogP contribution is 2.43. The highest BCUT2D eigenvalue weighted by atomic mass is 79.9. The van der Waals surface area contributed by atoms with E-state index in [1.807, 2.05) is 34.6 Å². The van der Waals surface area contributed by atoms with Gasteiger partial charge in [-0.25, -0.2) is 4.79 Å². The number of rotatable bonds is 2. The van der Waals surface area contributed by atoms with Gasteiger partial charge in [0.25, 0.3) is 0 Å². The number of ether oxygens (including phenoxy) is 3. The van der Waals surface area contributed by atoms with Gasteiger partial charge < -0.3 is 14.2 Å². The van der Waals surface area contributed by atoms with Crippen LogP contribution in [0.15, 0.2) is 12.1 Å². The van der Waals surface area contributed by atoms with Gasteiger partial charge in [0.2, 0.25) is 5.79 Å². The van der Waals surface area contributed by atoms with Gasteiger partial charge >= 0.3 is 5.97 Å². The number of alkyl halides is 1. The van der Waals surface area contributed by atoms with Crippen LogP contribution in [0.3, 0.4) is 0 Å². The Morgan fingerprint density at radius 3 is 2.50 bits per heavy atom. The molecule has 2 rings (SSSR count). The third kappa shape index (κ3) is 3.26. The summed E-state index contributed by atoms with van der Waals surface area (Å²) in [5, 5.41) is 0.575. The molecular formula is C15H19BrO4. The summed E-state index contributed by atoms with van der Waals surface area (Å²) >= 11 is 3.41. The molecule has 0 atom stereocenters. The molecule has 4 nitrogen and oxygen atoms in total. The molecule has 1 aromatic carbocycles. The zero-order valence-corrected chi connectivity index (χ0v) is 14.0. The Morgan fingerprint density at radius 2 is 1.95 bits per heavy atom. The Bertz CT molecular complexity index is 544. The van der Waals surface area contributed by atoms with Crippen molar-refractivity contribution in [2.24, 2.45) is 0 Å². The molecule has 0 saturated heterocycles. The maximum atomic E-state index is 12.2. The summed E-state index contributed by atoms with van der Waals surface area (Å²) in [6.07, 6.45) is 0. The molecule has 0 aromatic heterocycles. The van der Waals surface area contributed by atoms with Crippen molar-refractivity contribution in [3.63, 3.8) is 0 Å². The summed E-state index contributed by atoms with van der Waals surface area (Å²) in [5.41, 5.74) is 0.810. The van der Waals surface area contributed by atoms with E-state index in [1.54, 1.807) is 12.1 Å². The fourth-order valence-corrected chi connectivity index (χ4v) is 2.35. The average Bonchev–Trinajstić information content (AvgIpc) is 2.59. The second kappa shape index (κ2) is 4.95.